The molecule has 3 heteroatoms. The van der Waals surface area contributed by atoms with Crippen molar-refractivity contribution >= 4 is 5.97 Å². The second kappa shape index (κ2) is 7.10. The Balaban J connectivity index is 2.53. The Bertz CT molecular complexity index is 432. The van der Waals surface area contributed by atoms with Crippen molar-refractivity contribution in [1.29, 1.82) is 0 Å². The third-order valence-corrected chi connectivity index (χ3v) is 2.73. The molecular formula is C16H22O3. The predicted molar refractivity (Wildman–Crippen MR) is 75.9 cm³/mol. The van der Waals surface area contributed by atoms with Crippen molar-refractivity contribution in [2.24, 2.45) is 0 Å². The van der Waals surface area contributed by atoms with Gasteiger partial charge < -0.3 is 9.84 Å². The first kappa shape index (κ1) is 15.4. The summed E-state index contributed by atoms with van der Waals surface area (Å²) in [6.07, 6.45) is 0.821. The lowest BCUT2D eigenvalue weighted by molar-refractivity contribution is -0.143. The van der Waals surface area contributed by atoms with Crippen LogP contribution in [-0.4, -0.2) is 23.3 Å². The molecule has 1 aromatic carbocycles. The number of benzene rings is 1. The molecule has 0 amide bonds. The number of carbonyl (C=O) groups excluding carboxylic acids is 1. The van der Waals surface area contributed by atoms with Gasteiger partial charge in [0.15, 0.2) is 0 Å². The first-order valence-corrected chi connectivity index (χ1v) is 6.51. The number of hydrogen-bond donors (Lipinski definition) is 1. The lowest BCUT2D eigenvalue weighted by atomic mass is 10.0. The Labute approximate surface area is 114 Å². The normalized spacial score (nSPS) is 13.7. The Hall–Kier alpha value is -1.61. The fourth-order valence-electron chi connectivity index (χ4n) is 1.81. The molecule has 19 heavy (non-hydrogen) atoms. The lowest BCUT2D eigenvalue weighted by Gasteiger charge is -2.13. The van der Waals surface area contributed by atoms with Gasteiger partial charge in [-0.3, -0.25) is 0 Å². The van der Waals surface area contributed by atoms with Crippen LogP contribution in [-0.2, 0) is 22.4 Å². The Morgan fingerprint density at radius 2 is 1.68 bits per heavy atom. The molecule has 1 rings (SSSR count). The summed E-state index contributed by atoms with van der Waals surface area (Å²) in [7, 11) is 0. The van der Waals surface area contributed by atoms with Crippen LogP contribution in [0.4, 0.5) is 0 Å². The van der Waals surface area contributed by atoms with Crippen molar-refractivity contribution in [3.05, 3.63) is 47.5 Å². The zero-order valence-corrected chi connectivity index (χ0v) is 11.8. The van der Waals surface area contributed by atoms with Gasteiger partial charge in [0.05, 0.1) is 6.10 Å². The van der Waals surface area contributed by atoms with Crippen LogP contribution in [0.25, 0.3) is 0 Å². The minimum Gasteiger partial charge on any atom is -0.459 e. The summed E-state index contributed by atoms with van der Waals surface area (Å²) in [5, 5.41) is 9.31. The quantitative estimate of drug-likeness (QED) is 0.633. The third kappa shape index (κ3) is 5.71. The molecule has 1 aromatic rings. The smallest absolute Gasteiger partial charge is 0.333 e. The first-order chi connectivity index (χ1) is 8.88. The molecule has 0 bridgehead atoms. The van der Waals surface area contributed by atoms with E-state index in [0.717, 1.165) is 11.1 Å². The summed E-state index contributed by atoms with van der Waals surface area (Å²) in [5.41, 5.74) is 2.63. The maximum atomic E-state index is 11.4. The second-order valence-corrected chi connectivity index (χ2v) is 5.07. The Kier molecular flexibility index (Phi) is 5.77. The van der Waals surface area contributed by atoms with Gasteiger partial charge >= 0.3 is 5.97 Å². The Morgan fingerprint density at radius 3 is 2.11 bits per heavy atom. The van der Waals surface area contributed by atoms with E-state index >= 15 is 0 Å². The fraction of sp³-hybridized carbons (Fsp3) is 0.438. The van der Waals surface area contributed by atoms with Gasteiger partial charge in [0.1, 0.15) is 6.10 Å². The molecule has 0 aliphatic heterocycles. The van der Waals surface area contributed by atoms with Crippen molar-refractivity contribution in [1.82, 2.24) is 0 Å². The van der Waals surface area contributed by atoms with Crippen molar-refractivity contribution in [3.8, 4) is 0 Å². The lowest BCUT2D eigenvalue weighted by Crippen LogP contribution is -2.17. The molecule has 2 unspecified atom stereocenters. The molecule has 1 N–H and O–H groups in total. The molecule has 0 radical (unpaired) electrons. The average Bonchev–Trinajstić information content (AvgIpc) is 2.30. The summed E-state index contributed by atoms with van der Waals surface area (Å²) in [6, 6.07) is 8.00. The summed E-state index contributed by atoms with van der Waals surface area (Å²) >= 11 is 0. The van der Waals surface area contributed by atoms with Crippen LogP contribution in [0.15, 0.2) is 36.4 Å². The monoisotopic (exact) mass is 262 g/mol. The molecule has 0 aromatic heterocycles. The second-order valence-electron chi connectivity index (χ2n) is 5.07. The third-order valence-electron chi connectivity index (χ3n) is 2.73. The van der Waals surface area contributed by atoms with Crippen molar-refractivity contribution in [2.45, 2.75) is 45.8 Å². The predicted octanol–water partition coefficient (Wildman–Crippen LogP) is 2.66. The average molecular weight is 262 g/mol. The van der Waals surface area contributed by atoms with Gasteiger partial charge in [-0.2, -0.15) is 0 Å². The number of rotatable bonds is 6. The minimum absolute atomic E-state index is 0.174. The van der Waals surface area contributed by atoms with Crippen LogP contribution < -0.4 is 0 Å². The van der Waals surface area contributed by atoms with E-state index < -0.39 is 0 Å². The molecule has 104 valence electrons. The van der Waals surface area contributed by atoms with Crippen LogP contribution in [0.5, 0.6) is 0 Å². The fourth-order valence-corrected chi connectivity index (χ4v) is 1.81. The van der Waals surface area contributed by atoms with Crippen LogP contribution in [0.3, 0.4) is 0 Å². The molecule has 0 fully saturated rings. The molecule has 0 saturated heterocycles. The molecule has 0 saturated carbocycles. The Morgan fingerprint density at radius 1 is 1.21 bits per heavy atom. The van der Waals surface area contributed by atoms with Crippen LogP contribution in [0.1, 0.15) is 31.9 Å². The first-order valence-electron chi connectivity index (χ1n) is 6.51. The van der Waals surface area contributed by atoms with Gasteiger partial charge in [-0.1, -0.05) is 30.8 Å². The summed E-state index contributed by atoms with van der Waals surface area (Å²) in [5.74, 6) is -0.349. The topological polar surface area (TPSA) is 46.5 Å². The van der Waals surface area contributed by atoms with E-state index in [1.807, 2.05) is 31.2 Å². The SMILES string of the molecule is C=C(C)C(=O)OC(C)Cc1ccc(CC(C)O)cc1. The van der Waals surface area contributed by atoms with Crippen LogP contribution in [0, 0.1) is 0 Å². The number of esters is 1. The summed E-state index contributed by atoms with van der Waals surface area (Å²) in [6.45, 7) is 8.83. The van der Waals surface area contributed by atoms with E-state index in [1.54, 1.807) is 13.8 Å². The van der Waals surface area contributed by atoms with E-state index in [2.05, 4.69) is 6.58 Å². The molecular weight excluding hydrogens is 240 g/mol. The highest BCUT2D eigenvalue weighted by atomic mass is 16.5. The zero-order valence-electron chi connectivity index (χ0n) is 11.8. The van der Waals surface area contributed by atoms with Crippen LogP contribution in [0.2, 0.25) is 0 Å². The number of carbonyl (C=O) groups is 1. The van der Waals surface area contributed by atoms with Gasteiger partial charge in [-0.05, 0) is 38.3 Å². The summed E-state index contributed by atoms with van der Waals surface area (Å²) in [4.78, 5) is 11.4. The summed E-state index contributed by atoms with van der Waals surface area (Å²) < 4.78 is 5.23. The number of hydrogen-bond acceptors (Lipinski definition) is 3. The van der Waals surface area contributed by atoms with Crippen LogP contribution >= 0.6 is 0 Å². The molecule has 0 aliphatic carbocycles. The molecule has 2 atom stereocenters. The van der Waals surface area contributed by atoms with E-state index in [-0.39, 0.29) is 18.2 Å². The highest BCUT2D eigenvalue weighted by Gasteiger charge is 2.10. The van der Waals surface area contributed by atoms with Crippen molar-refractivity contribution in [3.63, 3.8) is 0 Å². The molecule has 0 aliphatic rings. The van der Waals surface area contributed by atoms with Gasteiger partial charge in [-0.25, -0.2) is 4.79 Å². The van der Waals surface area contributed by atoms with Gasteiger partial charge in [0.2, 0.25) is 0 Å². The molecule has 0 spiro atoms. The number of aliphatic hydroxyl groups is 1. The van der Waals surface area contributed by atoms with Crippen molar-refractivity contribution < 1.29 is 14.6 Å². The standard InChI is InChI=1S/C16H22O3/c1-11(2)16(18)19-13(4)10-15-7-5-14(6-8-15)9-12(3)17/h5-8,12-13,17H,1,9-10H2,2-4H3. The van der Waals surface area contributed by atoms with E-state index in [0.29, 0.717) is 18.4 Å². The highest BCUT2D eigenvalue weighted by molar-refractivity contribution is 5.87. The molecule has 0 heterocycles. The number of ether oxygens (including phenoxy) is 1. The van der Waals surface area contributed by atoms with Gasteiger partial charge in [0.25, 0.3) is 0 Å². The van der Waals surface area contributed by atoms with E-state index in [4.69, 9.17) is 4.74 Å². The zero-order chi connectivity index (χ0) is 14.4. The molecule has 3 nitrogen and oxygen atoms in total. The highest BCUT2D eigenvalue weighted by Crippen LogP contribution is 2.11. The van der Waals surface area contributed by atoms with E-state index in [9.17, 15) is 9.90 Å². The van der Waals surface area contributed by atoms with Crippen molar-refractivity contribution in [2.75, 3.05) is 0 Å². The largest absolute Gasteiger partial charge is 0.459 e. The maximum absolute atomic E-state index is 11.4. The van der Waals surface area contributed by atoms with Gasteiger partial charge in [-0.15, -0.1) is 0 Å². The maximum Gasteiger partial charge on any atom is 0.333 e. The van der Waals surface area contributed by atoms with E-state index in [1.165, 1.54) is 0 Å². The van der Waals surface area contributed by atoms with Gasteiger partial charge in [0, 0.05) is 12.0 Å². The number of aliphatic hydroxyl groups excluding tert-OH is 1. The minimum atomic E-state index is -0.349.